The number of nitrogens with zero attached hydrogens (tertiary/aromatic N) is 3. The van der Waals surface area contributed by atoms with Gasteiger partial charge in [0.15, 0.2) is 5.82 Å². The first-order valence-electron chi connectivity index (χ1n) is 9.25. The highest BCUT2D eigenvalue weighted by molar-refractivity contribution is 5.82. The maximum Gasteiger partial charge on any atom is 0.410 e. The molecule has 1 aliphatic rings. The Labute approximate surface area is 160 Å². The minimum atomic E-state index is -0.634. The van der Waals surface area contributed by atoms with E-state index in [0.29, 0.717) is 18.3 Å². The lowest BCUT2D eigenvalue weighted by Crippen LogP contribution is -2.45. The number of rotatable bonds is 8. The van der Waals surface area contributed by atoms with Gasteiger partial charge in [-0.2, -0.15) is 0 Å². The Balaban J connectivity index is 2.03. The van der Waals surface area contributed by atoms with Crippen LogP contribution < -0.4 is 5.32 Å². The summed E-state index contributed by atoms with van der Waals surface area (Å²) in [4.78, 5) is 35.1. The van der Waals surface area contributed by atoms with Crippen molar-refractivity contribution in [2.24, 2.45) is 5.92 Å². The SMILES string of the molecule is COCCN(CC(=O)NC(c1nccc(C)n1)C1CC1)C(=O)OC(C)(C)C. The molecule has 1 aliphatic carbocycles. The van der Waals surface area contributed by atoms with Crippen LogP contribution >= 0.6 is 0 Å². The molecule has 27 heavy (non-hydrogen) atoms. The summed E-state index contributed by atoms with van der Waals surface area (Å²) in [5, 5.41) is 2.99. The fourth-order valence-corrected chi connectivity index (χ4v) is 2.60. The Bertz CT molecular complexity index is 655. The van der Waals surface area contributed by atoms with E-state index in [1.54, 1.807) is 34.1 Å². The molecule has 0 saturated heterocycles. The topological polar surface area (TPSA) is 93.6 Å². The number of hydrogen-bond donors (Lipinski definition) is 1. The molecule has 150 valence electrons. The van der Waals surface area contributed by atoms with Crippen LogP contribution in [0, 0.1) is 12.8 Å². The van der Waals surface area contributed by atoms with Gasteiger partial charge >= 0.3 is 6.09 Å². The van der Waals surface area contributed by atoms with Crippen LogP contribution in [0.3, 0.4) is 0 Å². The van der Waals surface area contributed by atoms with Crippen LogP contribution in [0.2, 0.25) is 0 Å². The van der Waals surface area contributed by atoms with E-state index in [4.69, 9.17) is 9.47 Å². The standard InChI is InChI=1S/C19H30N4O4/c1-13-8-9-20-17(21-13)16(14-6-7-14)22-15(24)12-23(10-11-26-5)18(25)27-19(2,3)4/h8-9,14,16H,6-7,10-12H2,1-5H3,(H,22,24). The first-order chi connectivity index (χ1) is 12.7. The average molecular weight is 378 g/mol. The van der Waals surface area contributed by atoms with Crippen molar-refractivity contribution in [2.75, 3.05) is 26.8 Å². The summed E-state index contributed by atoms with van der Waals surface area (Å²) in [6.45, 7) is 7.75. The zero-order chi connectivity index (χ0) is 20.0. The summed E-state index contributed by atoms with van der Waals surface area (Å²) in [6, 6.07) is 1.59. The number of methoxy groups -OCH3 is 1. The van der Waals surface area contributed by atoms with E-state index in [0.717, 1.165) is 18.5 Å². The number of carbonyl (C=O) groups is 2. The molecule has 8 nitrogen and oxygen atoms in total. The van der Waals surface area contributed by atoms with Gasteiger partial charge in [0.1, 0.15) is 12.1 Å². The molecular weight excluding hydrogens is 348 g/mol. The van der Waals surface area contributed by atoms with Crippen molar-refractivity contribution in [3.8, 4) is 0 Å². The highest BCUT2D eigenvalue weighted by Crippen LogP contribution is 2.39. The third-order valence-electron chi connectivity index (χ3n) is 4.05. The van der Waals surface area contributed by atoms with Crippen LogP contribution in [0.15, 0.2) is 12.3 Å². The van der Waals surface area contributed by atoms with Crippen LogP contribution in [-0.4, -0.2) is 59.3 Å². The van der Waals surface area contributed by atoms with Gasteiger partial charge in [-0.05, 0) is 52.5 Å². The summed E-state index contributed by atoms with van der Waals surface area (Å²) in [7, 11) is 1.55. The molecule has 1 N–H and O–H groups in total. The fourth-order valence-electron chi connectivity index (χ4n) is 2.60. The molecule has 1 aromatic rings. The highest BCUT2D eigenvalue weighted by Gasteiger charge is 2.36. The van der Waals surface area contributed by atoms with Gasteiger partial charge in [0.2, 0.25) is 5.91 Å². The van der Waals surface area contributed by atoms with E-state index < -0.39 is 11.7 Å². The largest absolute Gasteiger partial charge is 0.444 e. The summed E-state index contributed by atoms with van der Waals surface area (Å²) < 4.78 is 10.4. The molecule has 0 aliphatic heterocycles. The van der Waals surface area contributed by atoms with Crippen LogP contribution in [0.4, 0.5) is 4.79 Å². The van der Waals surface area contributed by atoms with Crippen LogP contribution in [0.25, 0.3) is 0 Å². The summed E-state index contributed by atoms with van der Waals surface area (Å²) in [6.07, 6.45) is 3.22. The Hall–Kier alpha value is -2.22. The molecule has 1 aromatic heterocycles. The normalized spacial score (nSPS) is 15.1. The number of carbonyl (C=O) groups excluding carboxylic acids is 2. The number of nitrogens with one attached hydrogen (secondary N) is 1. The Morgan fingerprint density at radius 1 is 1.37 bits per heavy atom. The van der Waals surface area contributed by atoms with Gasteiger partial charge in [0, 0.05) is 25.5 Å². The predicted molar refractivity (Wildman–Crippen MR) is 100 cm³/mol. The average Bonchev–Trinajstić information content (AvgIpc) is 3.39. The van der Waals surface area contributed by atoms with E-state index in [1.165, 1.54) is 4.90 Å². The smallest absolute Gasteiger partial charge is 0.410 e. The zero-order valence-corrected chi connectivity index (χ0v) is 16.8. The molecule has 1 atom stereocenters. The van der Waals surface area contributed by atoms with Crippen LogP contribution in [0.5, 0.6) is 0 Å². The predicted octanol–water partition coefficient (Wildman–Crippen LogP) is 2.24. The molecular formula is C19H30N4O4. The van der Waals surface area contributed by atoms with Crippen molar-refractivity contribution in [1.82, 2.24) is 20.2 Å². The maximum absolute atomic E-state index is 12.6. The van der Waals surface area contributed by atoms with Crippen molar-refractivity contribution in [3.63, 3.8) is 0 Å². The summed E-state index contributed by atoms with van der Waals surface area (Å²) >= 11 is 0. The van der Waals surface area contributed by atoms with E-state index in [2.05, 4.69) is 15.3 Å². The number of hydrogen-bond acceptors (Lipinski definition) is 6. The fraction of sp³-hybridized carbons (Fsp3) is 0.684. The quantitative estimate of drug-likeness (QED) is 0.746. The van der Waals surface area contributed by atoms with Crippen LogP contribution in [0.1, 0.15) is 51.2 Å². The lowest BCUT2D eigenvalue weighted by molar-refractivity contribution is -0.123. The molecule has 0 aromatic carbocycles. The molecule has 2 rings (SSSR count). The molecule has 2 amide bonds. The molecule has 0 bridgehead atoms. The van der Waals surface area contributed by atoms with Gasteiger partial charge in [0.05, 0.1) is 12.6 Å². The van der Waals surface area contributed by atoms with Crippen molar-refractivity contribution >= 4 is 12.0 Å². The van der Waals surface area contributed by atoms with Gasteiger partial charge in [-0.25, -0.2) is 14.8 Å². The Morgan fingerprint density at radius 3 is 2.63 bits per heavy atom. The Morgan fingerprint density at radius 2 is 2.07 bits per heavy atom. The first-order valence-corrected chi connectivity index (χ1v) is 9.25. The van der Waals surface area contributed by atoms with Gasteiger partial charge < -0.3 is 14.8 Å². The van der Waals surface area contributed by atoms with Gasteiger partial charge in [-0.3, -0.25) is 9.69 Å². The van der Waals surface area contributed by atoms with Gasteiger partial charge in [0.25, 0.3) is 0 Å². The number of ether oxygens (including phenoxy) is 2. The second kappa shape index (κ2) is 9.12. The monoisotopic (exact) mass is 378 g/mol. The second-order valence-electron chi connectivity index (χ2n) is 7.83. The first kappa shape index (κ1) is 21.1. The lowest BCUT2D eigenvalue weighted by atomic mass is 10.1. The lowest BCUT2D eigenvalue weighted by Gasteiger charge is -2.27. The molecule has 8 heteroatoms. The molecule has 1 heterocycles. The Kier molecular flexibility index (Phi) is 7.12. The van der Waals surface area contributed by atoms with Gasteiger partial charge in [-0.1, -0.05) is 0 Å². The van der Waals surface area contributed by atoms with Gasteiger partial charge in [-0.15, -0.1) is 0 Å². The number of aryl methyl sites for hydroxylation is 1. The van der Waals surface area contributed by atoms with Crippen molar-refractivity contribution in [1.29, 1.82) is 0 Å². The molecule has 0 spiro atoms. The number of aromatic nitrogens is 2. The van der Waals surface area contributed by atoms with Crippen molar-refractivity contribution < 1.29 is 19.1 Å². The maximum atomic E-state index is 12.6. The van der Waals surface area contributed by atoms with E-state index in [9.17, 15) is 9.59 Å². The highest BCUT2D eigenvalue weighted by atomic mass is 16.6. The molecule has 1 fully saturated rings. The molecule has 1 saturated carbocycles. The minimum absolute atomic E-state index is 0.104. The summed E-state index contributed by atoms with van der Waals surface area (Å²) in [5.74, 6) is 0.690. The molecule has 1 unspecified atom stereocenters. The van der Waals surface area contributed by atoms with E-state index >= 15 is 0 Å². The molecule has 0 radical (unpaired) electrons. The van der Waals surface area contributed by atoms with Crippen molar-refractivity contribution in [3.05, 3.63) is 23.8 Å². The third-order valence-corrected chi connectivity index (χ3v) is 4.05. The van der Waals surface area contributed by atoms with E-state index in [-0.39, 0.29) is 25.0 Å². The third kappa shape index (κ3) is 7.13. The number of amides is 2. The zero-order valence-electron chi connectivity index (χ0n) is 16.8. The summed E-state index contributed by atoms with van der Waals surface area (Å²) in [5.41, 5.74) is 0.223. The second-order valence-corrected chi connectivity index (χ2v) is 7.83. The van der Waals surface area contributed by atoms with Crippen LogP contribution in [-0.2, 0) is 14.3 Å². The van der Waals surface area contributed by atoms with Crippen molar-refractivity contribution in [2.45, 2.75) is 52.2 Å². The minimum Gasteiger partial charge on any atom is -0.444 e. The van der Waals surface area contributed by atoms with E-state index in [1.807, 2.05) is 13.0 Å².